The van der Waals surface area contributed by atoms with Crippen LogP contribution in [0.25, 0.3) is 43.1 Å². The monoisotopic (exact) mass is 608 g/mol. The van der Waals surface area contributed by atoms with Crippen molar-refractivity contribution in [2.24, 2.45) is 0 Å². The smallest absolute Gasteiger partial charge is 0.101 e. The molecule has 2 nitrogen and oxygen atoms in total. The first-order valence-electron chi connectivity index (χ1n) is 11.8. The summed E-state index contributed by atoms with van der Waals surface area (Å²) in [6.07, 6.45) is 0. The Hall–Kier alpha value is -1.94. The summed E-state index contributed by atoms with van der Waals surface area (Å²) in [5, 5.41) is 19.0. The van der Waals surface area contributed by atoms with Gasteiger partial charge in [-0.1, -0.05) is 78.2 Å². The van der Waals surface area contributed by atoms with Gasteiger partial charge in [0.25, 0.3) is 0 Å². The summed E-state index contributed by atoms with van der Waals surface area (Å²) in [5.74, 6) is 0.841. The quantitative estimate of drug-likeness (QED) is 0.160. The zero-order chi connectivity index (χ0) is 25.5. The molecule has 36 heavy (non-hydrogen) atoms. The predicted octanol–water partition coefficient (Wildman–Crippen LogP) is 8.96. The fourth-order valence-corrected chi connectivity index (χ4v) is 4.14. The van der Waals surface area contributed by atoms with Crippen LogP contribution in [0.1, 0.15) is 0 Å². The average molecular weight is 611 g/mol. The molecule has 0 amide bonds. The van der Waals surface area contributed by atoms with Gasteiger partial charge in [-0.3, -0.25) is 0 Å². The Morgan fingerprint density at radius 1 is 0.694 bits per heavy atom. The van der Waals surface area contributed by atoms with Crippen LogP contribution < -0.4 is 4.74 Å². The number of halogens is 2. The summed E-state index contributed by atoms with van der Waals surface area (Å²) in [6, 6.07) is 35.7. The third-order valence-electron chi connectivity index (χ3n) is 5.87. The van der Waals surface area contributed by atoms with Gasteiger partial charge in [-0.15, -0.1) is 68.0 Å². The van der Waals surface area contributed by atoms with Crippen molar-refractivity contribution in [2.45, 2.75) is 13.1 Å². The van der Waals surface area contributed by atoms with Gasteiger partial charge in [0.15, 0.2) is 0 Å². The molecule has 6 rings (SSSR count). The van der Waals surface area contributed by atoms with Crippen molar-refractivity contribution in [3.8, 4) is 5.75 Å². The minimum Gasteiger partial charge on any atom is -0.525 e. The molecule has 0 saturated carbocycles. The first kappa shape index (κ1) is 27.1. The largest absolute Gasteiger partial charge is 0.525 e. The van der Waals surface area contributed by atoms with Crippen LogP contribution in [-0.4, -0.2) is 23.8 Å². The Morgan fingerprint density at radius 3 is 1.64 bits per heavy atom. The summed E-state index contributed by atoms with van der Waals surface area (Å²) in [5.41, 5.74) is -0.224. The zero-order valence-corrected chi connectivity index (χ0v) is 25.3. The molecule has 0 atom stereocenters. The summed E-state index contributed by atoms with van der Waals surface area (Å²) in [7, 11) is 11.2. The molecule has 0 aliphatic carbocycles. The second-order valence-electron chi connectivity index (χ2n) is 8.60. The van der Waals surface area contributed by atoms with E-state index in [2.05, 4.69) is 92.0 Å². The average Bonchev–Trinajstić information content (AvgIpc) is 3.47. The van der Waals surface area contributed by atoms with E-state index >= 15 is 0 Å². The van der Waals surface area contributed by atoms with Gasteiger partial charge in [0.2, 0.25) is 0 Å². The second kappa shape index (κ2) is 13.0. The minimum atomic E-state index is -1.65. The van der Waals surface area contributed by atoms with Gasteiger partial charge in [0.1, 0.15) is 6.61 Å². The molecule has 0 bridgehead atoms. The van der Waals surface area contributed by atoms with E-state index in [4.69, 9.17) is 26.9 Å². The Balaban J connectivity index is 0.000000142. The number of ether oxygens (including phenoxy) is 1. The Kier molecular flexibility index (Phi) is 9.81. The van der Waals surface area contributed by atoms with Crippen LogP contribution >= 0.6 is 17.0 Å². The summed E-state index contributed by atoms with van der Waals surface area (Å²) >= 11 is -1.65. The molecule has 0 radical (unpaired) electrons. The number of aliphatic hydroxyl groups is 1. The molecule has 6 aromatic carbocycles. The molecule has 0 fully saturated rings. The van der Waals surface area contributed by atoms with Crippen LogP contribution in [0, 0.1) is 0 Å². The van der Waals surface area contributed by atoms with E-state index in [0.717, 1.165) is 11.1 Å². The molecular formula is C30H28Cl2O2SiZr-2. The van der Waals surface area contributed by atoms with Crippen molar-refractivity contribution in [3.05, 3.63) is 103 Å². The minimum absolute atomic E-state index is 0.0383. The maximum Gasteiger partial charge on any atom is 0.101 e. The molecule has 184 valence electrons. The van der Waals surface area contributed by atoms with E-state index < -0.39 is 18.0 Å². The number of hydrogen-bond acceptors (Lipinski definition) is 2. The molecule has 0 aliphatic rings. The third-order valence-corrected chi connectivity index (χ3v) is 25.6. The van der Waals surface area contributed by atoms with E-state index in [-0.39, 0.29) is 12.0 Å². The number of rotatable bonds is 3. The zero-order valence-electron chi connectivity index (χ0n) is 20.3. The van der Waals surface area contributed by atoms with Crippen molar-refractivity contribution < 1.29 is 27.8 Å². The molecular weight excluding hydrogens is 583 g/mol. The number of fused-ring (bicyclic) bond motifs is 6. The molecule has 6 heteroatoms. The van der Waals surface area contributed by atoms with Crippen LogP contribution in [0.4, 0.5) is 0 Å². The van der Waals surface area contributed by atoms with Crippen molar-refractivity contribution in [1.82, 2.24) is 0 Å². The van der Waals surface area contributed by atoms with Gasteiger partial charge in [-0.2, -0.15) is 0 Å². The van der Waals surface area contributed by atoms with Crippen LogP contribution in [0.2, 0.25) is 13.1 Å². The van der Waals surface area contributed by atoms with Gasteiger partial charge in [-0.05, 0) is 0 Å². The van der Waals surface area contributed by atoms with E-state index in [1.807, 2.05) is 24.3 Å². The first-order chi connectivity index (χ1) is 17.5. The molecule has 0 spiro atoms. The van der Waals surface area contributed by atoms with Crippen molar-refractivity contribution in [1.29, 1.82) is 0 Å². The standard InChI is InChI=1S/C15H13O2.C13H9.C2H6Si.2ClH.Zr/c16-8-9-17-15-7-3-6-13-12-5-2-1-4-11(12)10-14(13)15;1-3-7-12-10(5-1)9-11-6-2-4-8-13(11)12;1-3-2;;;/h1-7,10,16H,8-9H2;1-9H;1-2H3;2*1H;/q2*-1;;;;+2/p-2. The fourth-order valence-electron chi connectivity index (χ4n) is 4.14. The van der Waals surface area contributed by atoms with Crippen molar-refractivity contribution >= 4 is 65.5 Å². The van der Waals surface area contributed by atoms with E-state index in [0.29, 0.717) is 6.61 Å². The van der Waals surface area contributed by atoms with Crippen LogP contribution in [0.3, 0.4) is 0 Å². The second-order valence-corrected chi connectivity index (χ2v) is 31.6. The van der Waals surface area contributed by atoms with Gasteiger partial charge < -0.3 is 9.84 Å². The molecule has 0 aliphatic heterocycles. The van der Waals surface area contributed by atoms with E-state index in [1.54, 1.807) is 0 Å². The molecule has 6 aromatic rings. The van der Waals surface area contributed by atoms with Crippen LogP contribution in [-0.2, 0) is 18.0 Å². The molecule has 1 N–H and O–H groups in total. The van der Waals surface area contributed by atoms with Gasteiger partial charge in [0, 0.05) is 0 Å². The topological polar surface area (TPSA) is 29.5 Å². The third kappa shape index (κ3) is 6.49. The maximum atomic E-state index is 8.81. The van der Waals surface area contributed by atoms with Crippen molar-refractivity contribution in [3.63, 3.8) is 0 Å². The summed E-state index contributed by atoms with van der Waals surface area (Å²) in [6.45, 7) is 4.70. The number of benzene rings is 4. The molecule has 0 saturated heterocycles. The van der Waals surface area contributed by atoms with E-state index in [1.165, 1.54) is 37.7 Å². The summed E-state index contributed by atoms with van der Waals surface area (Å²) < 4.78 is 5.55. The molecule has 0 aromatic heterocycles. The Bertz CT molecular complexity index is 1570. The molecule has 0 unspecified atom stereocenters. The summed E-state index contributed by atoms with van der Waals surface area (Å²) in [4.78, 5) is 0. The van der Waals surface area contributed by atoms with Gasteiger partial charge >= 0.3 is 53.5 Å². The Morgan fingerprint density at radius 2 is 1.14 bits per heavy atom. The number of aliphatic hydroxyl groups excluding tert-OH is 1. The first-order valence-corrected chi connectivity index (χ1v) is 24.3. The normalized spacial score (nSPS) is 10.6. The number of hydrogen-bond donors (Lipinski definition) is 1. The van der Waals surface area contributed by atoms with Gasteiger partial charge in [-0.25, -0.2) is 0 Å². The Labute approximate surface area is 227 Å². The van der Waals surface area contributed by atoms with Gasteiger partial charge in [0.05, 0.1) is 12.4 Å². The fraction of sp³-hybridized carbons (Fsp3) is 0.133. The SMILES string of the molecule is C[Si](C)=[Zr]([Cl])[Cl].OCCOc1cccc2c1[cH-]c1ccccc12.c1ccc2c(c1)[cH-]c1ccccc12. The van der Waals surface area contributed by atoms with E-state index in [9.17, 15) is 0 Å². The maximum absolute atomic E-state index is 8.81. The van der Waals surface area contributed by atoms with Crippen LogP contribution in [0.5, 0.6) is 5.75 Å². The van der Waals surface area contributed by atoms with Crippen LogP contribution in [0.15, 0.2) is 103 Å². The molecule has 0 heterocycles. The van der Waals surface area contributed by atoms with Crippen molar-refractivity contribution in [2.75, 3.05) is 13.2 Å². The predicted molar refractivity (Wildman–Crippen MR) is 156 cm³/mol.